The van der Waals surface area contributed by atoms with Crippen molar-refractivity contribution in [3.8, 4) is 0 Å². The van der Waals surface area contributed by atoms with Crippen molar-refractivity contribution in [3.05, 3.63) is 73.5 Å². The Morgan fingerprint density at radius 3 is 2.70 bits per heavy atom. The maximum Gasteiger partial charge on any atom is 0.306 e. The summed E-state index contributed by atoms with van der Waals surface area (Å²) in [6, 6.07) is 7.20. The number of esters is 1. The molecule has 13 heteroatoms. The molecule has 2 fully saturated rings. The van der Waals surface area contributed by atoms with E-state index in [1.807, 2.05) is 12.1 Å². The van der Waals surface area contributed by atoms with Gasteiger partial charge in [-0.2, -0.15) is 0 Å². The molecule has 1 aromatic carbocycles. The Bertz CT molecular complexity index is 1240. The van der Waals surface area contributed by atoms with E-state index < -0.39 is 53.5 Å². The maximum absolute atomic E-state index is 12.3. The molecule has 0 radical (unpaired) electrons. The van der Waals surface area contributed by atoms with E-state index in [0.717, 1.165) is 16.7 Å². The van der Waals surface area contributed by atoms with Crippen LogP contribution in [0.15, 0.2) is 30.5 Å². The summed E-state index contributed by atoms with van der Waals surface area (Å²) in [7, 11) is 0. The number of rotatable bonds is 8. The molecule has 1 unspecified atom stereocenters. The van der Waals surface area contributed by atoms with Gasteiger partial charge in [0.2, 0.25) is 0 Å². The van der Waals surface area contributed by atoms with Crippen LogP contribution in [-0.2, 0) is 45.6 Å². The largest absolute Gasteiger partial charge is 0.481 e. The summed E-state index contributed by atoms with van der Waals surface area (Å²) in [6.07, 6.45) is -2.54. The number of hydrogen-bond donors (Lipinski definition) is 1. The fourth-order valence-corrected chi connectivity index (χ4v) is 5.48. The summed E-state index contributed by atoms with van der Waals surface area (Å²) < 4.78 is 23.7. The first-order valence-corrected chi connectivity index (χ1v) is 11.9. The van der Waals surface area contributed by atoms with Gasteiger partial charge in [-0.1, -0.05) is 23.7 Å². The summed E-state index contributed by atoms with van der Waals surface area (Å²) in [5.41, 5.74) is 1.90. The monoisotopic (exact) mass is 534 g/mol. The Balaban J connectivity index is 1.54. The second kappa shape index (κ2) is 9.86. The van der Waals surface area contributed by atoms with Crippen LogP contribution in [0.1, 0.15) is 46.9 Å². The number of fused-ring (bicyclic) bond motifs is 2. The molecule has 5 atom stereocenters. The highest BCUT2D eigenvalue weighted by Crippen LogP contribution is 2.52. The zero-order chi connectivity index (χ0) is 26.3. The molecule has 5 rings (SSSR count). The molecule has 0 bridgehead atoms. The predicted molar refractivity (Wildman–Crippen MR) is 123 cm³/mol. The fraction of sp³-hybridized carbons (Fsp3) is 0.458. The van der Waals surface area contributed by atoms with Gasteiger partial charge in [-0.15, -0.1) is 10.1 Å². The standard InChI is InChI=1S/C24H23ClN2O10/c1-12-21(16-9-33-22(15(16)8-26-12)13-2-4-14(25)5-3-13)24-18(37-27(31)32)11-34-23(24)17(10-35-24)36-20(30)7-6-19(28)29/h2-5,8,17-18,22-23H,6-7,9-11H2,1H3,(H,28,29)/t17-,18+,22?,23+,24-/m0/s1. The molecule has 1 aromatic heterocycles. The van der Waals surface area contributed by atoms with E-state index in [0.29, 0.717) is 16.3 Å². The van der Waals surface area contributed by atoms with Crippen molar-refractivity contribution >= 4 is 23.5 Å². The van der Waals surface area contributed by atoms with E-state index in [1.54, 1.807) is 25.3 Å². The molecule has 3 aliphatic heterocycles. The summed E-state index contributed by atoms with van der Waals surface area (Å²) in [5, 5.41) is 19.9. The number of carbonyl (C=O) groups is 2. The number of ether oxygens (including phenoxy) is 4. The highest BCUT2D eigenvalue weighted by atomic mass is 35.5. The van der Waals surface area contributed by atoms with E-state index in [9.17, 15) is 19.7 Å². The molecule has 196 valence electrons. The number of hydrogen-bond acceptors (Lipinski definition) is 10. The minimum atomic E-state index is -1.51. The number of pyridine rings is 1. The average Bonchev–Trinajstić information content (AvgIpc) is 3.52. The van der Waals surface area contributed by atoms with E-state index in [-0.39, 0.29) is 26.2 Å². The molecule has 2 saturated heterocycles. The van der Waals surface area contributed by atoms with Crippen molar-refractivity contribution in [2.24, 2.45) is 0 Å². The van der Waals surface area contributed by atoms with E-state index in [1.165, 1.54) is 0 Å². The lowest BCUT2D eigenvalue weighted by atomic mass is 9.80. The molecule has 0 amide bonds. The first-order chi connectivity index (χ1) is 17.7. The molecule has 1 N–H and O–H groups in total. The van der Waals surface area contributed by atoms with Crippen molar-refractivity contribution in [3.63, 3.8) is 0 Å². The highest BCUT2D eigenvalue weighted by Gasteiger charge is 2.65. The maximum atomic E-state index is 12.3. The number of nitrogens with zero attached hydrogens (tertiary/aromatic N) is 2. The minimum Gasteiger partial charge on any atom is -0.481 e. The third kappa shape index (κ3) is 4.50. The van der Waals surface area contributed by atoms with Crippen LogP contribution in [0.3, 0.4) is 0 Å². The Hall–Kier alpha value is -3.32. The molecule has 0 aliphatic carbocycles. The molecule has 37 heavy (non-hydrogen) atoms. The normalized spacial score (nSPS) is 27.9. The second-order valence-electron chi connectivity index (χ2n) is 8.99. The number of aryl methyl sites for hydroxylation is 1. The van der Waals surface area contributed by atoms with Gasteiger partial charge in [0.25, 0.3) is 5.09 Å². The summed E-state index contributed by atoms with van der Waals surface area (Å²) in [4.78, 5) is 44.1. The third-order valence-electron chi connectivity index (χ3n) is 6.84. The molecule has 12 nitrogen and oxygen atoms in total. The molecule has 0 saturated carbocycles. The van der Waals surface area contributed by atoms with Gasteiger partial charge in [-0.05, 0) is 30.2 Å². The van der Waals surface area contributed by atoms with Gasteiger partial charge >= 0.3 is 11.9 Å². The van der Waals surface area contributed by atoms with Crippen LogP contribution >= 0.6 is 11.6 Å². The number of carboxylic acid groups (broad SMARTS) is 1. The Morgan fingerprint density at radius 2 is 2.00 bits per heavy atom. The quantitative estimate of drug-likeness (QED) is 0.301. The van der Waals surface area contributed by atoms with Crippen LogP contribution in [0.5, 0.6) is 0 Å². The summed E-state index contributed by atoms with van der Waals surface area (Å²) in [5.74, 6) is -1.88. The summed E-state index contributed by atoms with van der Waals surface area (Å²) in [6.45, 7) is 1.59. The third-order valence-corrected chi connectivity index (χ3v) is 7.09. The lowest BCUT2D eigenvalue weighted by molar-refractivity contribution is -0.772. The van der Waals surface area contributed by atoms with E-state index in [2.05, 4.69) is 4.98 Å². The van der Waals surface area contributed by atoms with Crippen molar-refractivity contribution in [1.29, 1.82) is 0 Å². The first kappa shape index (κ1) is 25.3. The average molecular weight is 535 g/mol. The number of carbonyl (C=O) groups excluding carboxylic acids is 1. The van der Waals surface area contributed by atoms with Gasteiger partial charge in [0.05, 0.1) is 32.7 Å². The van der Waals surface area contributed by atoms with Crippen molar-refractivity contribution in [1.82, 2.24) is 4.98 Å². The topological polar surface area (TPSA) is 157 Å². The number of aromatic nitrogens is 1. The van der Waals surface area contributed by atoms with Gasteiger partial charge in [-0.25, -0.2) is 0 Å². The van der Waals surface area contributed by atoms with Crippen molar-refractivity contribution < 1.29 is 43.6 Å². The van der Waals surface area contributed by atoms with Crippen LogP contribution in [0.2, 0.25) is 5.02 Å². The molecular weight excluding hydrogens is 512 g/mol. The lowest BCUT2D eigenvalue weighted by Crippen LogP contribution is -2.48. The second-order valence-corrected chi connectivity index (χ2v) is 9.43. The number of aliphatic carboxylic acids is 1. The lowest BCUT2D eigenvalue weighted by Gasteiger charge is -2.34. The number of carboxylic acids is 1. The van der Waals surface area contributed by atoms with E-state index in [4.69, 9.17) is 40.5 Å². The fourth-order valence-electron chi connectivity index (χ4n) is 5.35. The highest BCUT2D eigenvalue weighted by molar-refractivity contribution is 6.30. The Morgan fingerprint density at radius 1 is 1.24 bits per heavy atom. The first-order valence-electron chi connectivity index (χ1n) is 11.5. The zero-order valence-electron chi connectivity index (χ0n) is 19.6. The van der Waals surface area contributed by atoms with Gasteiger partial charge in [-0.3, -0.25) is 14.6 Å². The van der Waals surface area contributed by atoms with Gasteiger partial charge in [0, 0.05) is 28.0 Å². The SMILES string of the molecule is Cc1ncc2c(c1[C@]13OC[C@H](OC(=O)CCC(=O)O)[C@H]1OC[C@H]3O[N+](=O)[O-])COC2c1ccc(Cl)cc1. The molecule has 0 spiro atoms. The molecule has 2 aromatic rings. The Kier molecular flexibility index (Phi) is 6.75. The molecule has 4 heterocycles. The Labute approximate surface area is 215 Å². The molecule has 3 aliphatic rings. The van der Waals surface area contributed by atoms with Gasteiger partial charge in [0.1, 0.15) is 12.2 Å². The van der Waals surface area contributed by atoms with Crippen LogP contribution in [0, 0.1) is 17.0 Å². The smallest absolute Gasteiger partial charge is 0.306 e. The van der Waals surface area contributed by atoms with Crippen LogP contribution in [0.4, 0.5) is 0 Å². The van der Waals surface area contributed by atoms with Crippen molar-refractivity contribution in [2.75, 3.05) is 13.2 Å². The van der Waals surface area contributed by atoms with Gasteiger partial charge in [0.15, 0.2) is 17.8 Å². The number of halogens is 1. The molecular formula is C24H23ClN2O10. The van der Waals surface area contributed by atoms with Crippen LogP contribution in [-0.4, -0.2) is 58.6 Å². The van der Waals surface area contributed by atoms with E-state index >= 15 is 0 Å². The van der Waals surface area contributed by atoms with Crippen molar-refractivity contribution in [2.45, 2.75) is 56.4 Å². The predicted octanol–water partition coefficient (Wildman–Crippen LogP) is 2.64. The number of benzene rings is 1. The van der Waals surface area contributed by atoms with Gasteiger partial charge < -0.3 is 28.9 Å². The van der Waals surface area contributed by atoms with Crippen LogP contribution < -0.4 is 0 Å². The minimum absolute atomic E-state index is 0.133. The zero-order valence-corrected chi connectivity index (χ0v) is 20.4. The van der Waals surface area contributed by atoms with Crippen LogP contribution in [0.25, 0.3) is 0 Å². The summed E-state index contributed by atoms with van der Waals surface area (Å²) >= 11 is 6.04.